The third kappa shape index (κ3) is 3.22. The van der Waals surface area contributed by atoms with Crippen molar-refractivity contribution in [3.63, 3.8) is 0 Å². The predicted molar refractivity (Wildman–Crippen MR) is 70.3 cm³/mol. The Labute approximate surface area is 126 Å². The van der Waals surface area contributed by atoms with Crippen LogP contribution < -0.4 is 5.73 Å². The molecule has 1 heterocycles. The van der Waals surface area contributed by atoms with Crippen LogP contribution in [0.15, 0.2) is 24.4 Å². The Morgan fingerprint density at radius 2 is 1.87 bits per heavy atom. The van der Waals surface area contributed by atoms with Crippen LogP contribution in [0.2, 0.25) is 0 Å². The molecule has 9 heteroatoms. The second-order valence-corrected chi connectivity index (χ2v) is 4.46. The smallest absolute Gasteiger partial charge is 0.417 e. The van der Waals surface area contributed by atoms with Crippen molar-refractivity contribution in [2.24, 2.45) is 0 Å². The van der Waals surface area contributed by atoms with E-state index in [2.05, 4.69) is 9.72 Å². The number of nitrogens with two attached hydrogens (primary N) is 1. The molecule has 0 aliphatic heterocycles. The standard InChI is InChI=1S/C14H9F5N2O2/c1-23-13(22)8-3-9(14(17,18)19)7(4-11(8)20)12-10(16)2-6(15)5-21-12/h2-5H,20H2,1H3. The van der Waals surface area contributed by atoms with Gasteiger partial charge in [-0.3, -0.25) is 4.98 Å². The molecule has 0 unspecified atom stereocenters. The van der Waals surface area contributed by atoms with Crippen LogP contribution in [0.3, 0.4) is 0 Å². The molecule has 4 nitrogen and oxygen atoms in total. The first-order valence-corrected chi connectivity index (χ1v) is 6.05. The third-order valence-corrected chi connectivity index (χ3v) is 2.96. The molecule has 0 spiro atoms. The van der Waals surface area contributed by atoms with Crippen molar-refractivity contribution in [3.05, 3.63) is 47.2 Å². The predicted octanol–water partition coefficient (Wildman–Crippen LogP) is 3.41. The molecule has 23 heavy (non-hydrogen) atoms. The number of anilines is 1. The van der Waals surface area contributed by atoms with Crippen molar-refractivity contribution in [1.82, 2.24) is 4.98 Å². The van der Waals surface area contributed by atoms with Gasteiger partial charge >= 0.3 is 12.1 Å². The summed E-state index contributed by atoms with van der Waals surface area (Å²) in [5.41, 5.74) is 1.87. The third-order valence-electron chi connectivity index (χ3n) is 2.96. The van der Waals surface area contributed by atoms with Crippen LogP contribution in [-0.2, 0) is 10.9 Å². The first kappa shape index (κ1) is 16.7. The van der Waals surface area contributed by atoms with Gasteiger partial charge in [0.25, 0.3) is 0 Å². The average Bonchev–Trinajstić information content (AvgIpc) is 2.45. The number of pyridine rings is 1. The first-order chi connectivity index (χ1) is 10.6. The van der Waals surface area contributed by atoms with Gasteiger partial charge in [-0.25, -0.2) is 13.6 Å². The Morgan fingerprint density at radius 3 is 2.39 bits per heavy atom. The fourth-order valence-corrected chi connectivity index (χ4v) is 1.95. The molecule has 0 saturated carbocycles. The lowest BCUT2D eigenvalue weighted by Gasteiger charge is -2.16. The number of hydrogen-bond acceptors (Lipinski definition) is 4. The van der Waals surface area contributed by atoms with Crippen molar-refractivity contribution >= 4 is 11.7 Å². The number of nitrogen functional groups attached to an aromatic ring is 1. The highest BCUT2D eigenvalue weighted by atomic mass is 19.4. The zero-order chi connectivity index (χ0) is 17.4. The van der Waals surface area contributed by atoms with E-state index in [0.29, 0.717) is 18.3 Å². The lowest BCUT2D eigenvalue weighted by Crippen LogP contribution is -2.13. The van der Waals surface area contributed by atoms with Crippen LogP contribution in [0.25, 0.3) is 11.3 Å². The van der Waals surface area contributed by atoms with Gasteiger partial charge in [0, 0.05) is 17.3 Å². The van der Waals surface area contributed by atoms with Crippen LogP contribution in [0.4, 0.5) is 27.6 Å². The Kier molecular flexibility index (Phi) is 4.22. The van der Waals surface area contributed by atoms with Crippen molar-refractivity contribution in [2.75, 3.05) is 12.8 Å². The summed E-state index contributed by atoms with van der Waals surface area (Å²) in [5.74, 6) is -3.41. The molecule has 122 valence electrons. The second-order valence-electron chi connectivity index (χ2n) is 4.46. The van der Waals surface area contributed by atoms with Crippen LogP contribution >= 0.6 is 0 Å². The number of nitrogens with zero attached hydrogens (tertiary/aromatic N) is 1. The maximum absolute atomic E-state index is 13.8. The molecule has 2 aromatic rings. The molecule has 0 aliphatic rings. The number of alkyl halides is 3. The number of ether oxygens (including phenoxy) is 1. The minimum atomic E-state index is -4.92. The summed E-state index contributed by atoms with van der Waals surface area (Å²) in [6.07, 6.45) is -4.35. The van der Waals surface area contributed by atoms with E-state index >= 15 is 0 Å². The number of rotatable bonds is 2. The largest absolute Gasteiger partial charge is 0.465 e. The summed E-state index contributed by atoms with van der Waals surface area (Å²) in [4.78, 5) is 14.8. The maximum Gasteiger partial charge on any atom is 0.417 e. The summed E-state index contributed by atoms with van der Waals surface area (Å²) < 4.78 is 70.6. The minimum absolute atomic E-state index is 0.356. The van der Waals surface area contributed by atoms with Gasteiger partial charge < -0.3 is 10.5 Å². The minimum Gasteiger partial charge on any atom is -0.465 e. The summed E-state index contributed by atoms with van der Waals surface area (Å²) in [6, 6.07) is 1.59. The number of hydrogen-bond donors (Lipinski definition) is 1. The molecule has 0 aliphatic carbocycles. The summed E-state index contributed by atoms with van der Waals surface area (Å²) in [6.45, 7) is 0. The van der Waals surface area contributed by atoms with E-state index in [1.54, 1.807) is 0 Å². The van der Waals surface area contributed by atoms with E-state index in [1.165, 1.54) is 0 Å². The number of carbonyl (C=O) groups excluding carboxylic acids is 1. The number of esters is 1. The Hall–Kier alpha value is -2.71. The van der Waals surface area contributed by atoms with Gasteiger partial charge in [-0.05, 0) is 12.1 Å². The number of carbonyl (C=O) groups is 1. The molecule has 0 atom stereocenters. The number of halogens is 5. The molecule has 1 aromatic carbocycles. The molecule has 0 amide bonds. The van der Waals surface area contributed by atoms with Gasteiger partial charge in [0.15, 0.2) is 5.82 Å². The van der Waals surface area contributed by atoms with Gasteiger partial charge in [-0.1, -0.05) is 0 Å². The highest BCUT2D eigenvalue weighted by Gasteiger charge is 2.36. The Balaban J connectivity index is 2.77. The zero-order valence-corrected chi connectivity index (χ0v) is 11.5. The quantitative estimate of drug-likeness (QED) is 0.520. The van der Waals surface area contributed by atoms with Crippen LogP contribution in [0.5, 0.6) is 0 Å². The van der Waals surface area contributed by atoms with Crippen molar-refractivity contribution in [2.45, 2.75) is 6.18 Å². The molecule has 0 radical (unpaired) electrons. The molecule has 0 saturated heterocycles. The summed E-state index contributed by atoms with van der Waals surface area (Å²) >= 11 is 0. The van der Waals surface area contributed by atoms with Crippen molar-refractivity contribution < 1.29 is 31.5 Å². The lowest BCUT2D eigenvalue weighted by molar-refractivity contribution is -0.137. The fraction of sp³-hybridized carbons (Fsp3) is 0.143. The monoisotopic (exact) mass is 332 g/mol. The maximum atomic E-state index is 13.8. The van der Waals surface area contributed by atoms with Crippen LogP contribution in [-0.4, -0.2) is 18.1 Å². The SMILES string of the molecule is COC(=O)c1cc(C(F)(F)F)c(-c2ncc(F)cc2F)cc1N. The number of benzene rings is 1. The summed E-state index contributed by atoms with van der Waals surface area (Å²) in [7, 11) is 0.976. The first-order valence-electron chi connectivity index (χ1n) is 6.05. The highest BCUT2D eigenvalue weighted by Crippen LogP contribution is 2.39. The van der Waals surface area contributed by atoms with Gasteiger partial charge in [0.1, 0.15) is 11.5 Å². The average molecular weight is 332 g/mol. The number of aromatic nitrogens is 1. The van der Waals surface area contributed by atoms with Gasteiger partial charge in [-0.15, -0.1) is 0 Å². The van der Waals surface area contributed by atoms with Gasteiger partial charge in [0.05, 0.1) is 24.4 Å². The van der Waals surface area contributed by atoms with E-state index in [-0.39, 0.29) is 5.69 Å². The van der Waals surface area contributed by atoms with Crippen LogP contribution in [0, 0.1) is 11.6 Å². The molecular weight excluding hydrogens is 323 g/mol. The molecule has 2 rings (SSSR count). The van der Waals surface area contributed by atoms with E-state index < -0.39 is 46.2 Å². The number of methoxy groups -OCH3 is 1. The zero-order valence-electron chi connectivity index (χ0n) is 11.5. The molecule has 0 bridgehead atoms. The second kappa shape index (κ2) is 5.82. The van der Waals surface area contributed by atoms with E-state index in [4.69, 9.17) is 5.73 Å². The Bertz CT molecular complexity index is 774. The van der Waals surface area contributed by atoms with E-state index in [1.807, 2.05) is 0 Å². The van der Waals surface area contributed by atoms with Crippen molar-refractivity contribution in [1.29, 1.82) is 0 Å². The molecular formula is C14H9F5N2O2. The molecule has 2 N–H and O–H groups in total. The molecule has 0 fully saturated rings. The van der Waals surface area contributed by atoms with Gasteiger partial charge in [-0.2, -0.15) is 13.2 Å². The normalized spacial score (nSPS) is 11.4. The molecule has 1 aromatic heterocycles. The Morgan fingerprint density at radius 1 is 1.22 bits per heavy atom. The topological polar surface area (TPSA) is 65.2 Å². The van der Waals surface area contributed by atoms with Crippen molar-refractivity contribution in [3.8, 4) is 11.3 Å². The lowest BCUT2D eigenvalue weighted by atomic mass is 9.98. The van der Waals surface area contributed by atoms with Crippen LogP contribution in [0.1, 0.15) is 15.9 Å². The van der Waals surface area contributed by atoms with Gasteiger partial charge in [0.2, 0.25) is 0 Å². The van der Waals surface area contributed by atoms with E-state index in [9.17, 15) is 26.7 Å². The fourth-order valence-electron chi connectivity index (χ4n) is 1.95. The summed E-state index contributed by atoms with van der Waals surface area (Å²) in [5, 5.41) is 0. The van der Waals surface area contributed by atoms with E-state index in [0.717, 1.165) is 13.2 Å². The highest BCUT2D eigenvalue weighted by molar-refractivity contribution is 5.96.